The van der Waals surface area contributed by atoms with Crippen molar-refractivity contribution in [2.24, 2.45) is 0 Å². The van der Waals surface area contributed by atoms with Gasteiger partial charge in [0.1, 0.15) is 5.69 Å². The molecule has 98 valence electrons. The summed E-state index contributed by atoms with van der Waals surface area (Å²) in [5.41, 5.74) is 9.81. The van der Waals surface area contributed by atoms with Crippen LogP contribution in [-0.2, 0) is 12.8 Å². The lowest BCUT2D eigenvalue weighted by Crippen LogP contribution is -2.17. The molecule has 0 saturated heterocycles. The highest BCUT2D eigenvalue weighted by molar-refractivity contribution is 5.87. The summed E-state index contributed by atoms with van der Waals surface area (Å²) in [6.45, 7) is 6.94. The van der Waals surface area contributed by atoms with E-state index in [-0.39, 0.29) is 0 Å². The fraction of sp³-hybridized carbons (Fsp3) is 0.538. The molecule has 0 bridgehead atoms. The number of hydrogen-bond acceptors (Lipinski definition) is 3. The van der Waals surface area contributed by atoms with Crippen LogP contribution in [0.25, 0.3) is 11.0 Å². The highest BCUT2D eigenvalue weighted by Gasteiger charge is 2.20. The molecule has 18 heavy (non-hydrogen) atoms. The van der Waals surface area contributed by atoms with Gasteiger partial charge in [0.2, 0.25) is 11.6 Å². The number of fused-ring (bicyclic) bond motifs is 1. The number of nitrogen functional groups attached to an aromatic ring is 1. The van der Waals surface area contributed by atoms with Gasteiger partial charge in [0.15, 0.2) is 11.3 Å². The predicted molar refractivity (Wildman–Crippen MR) is 71.6 cm³/mol. The summed E-state index contributed by atoms with van der Waals surface area (Å²) in [6, 6.07) is 0. The van der Waals surface area contributed by atoms with E-state index in [1.54, 1.807) is 0 Å². The topological polar surface area (TPSA) is 78.1 Å². The first kappa shape index (κ1) is 12.7. The molecule has 0 atom stereocenters. The Morgan fingerprint density at radius 2 is 2.06 bits per heavy atom. The quantitative estimate of drug-likeness (QED) is 0.849. The van der Waals surface area contributed by atoms with Gasteiger partial charge >= 0.3 is 0 Å². The van der Waals surface area contributed by atoms with Crippen LogP contribution in [0.3, 0.4) is 0 Å². The fourth-order valence-corrected chi connectivity index (χ4v) is 2.04. The number of hydrogen-bond donors (Lipinski definition) is 2. The zero-order chi connectivity index (χ0) is 13.1. The van der Waals surface area contributed by atoms with Crippen LogP contribution in [0, 0.1) is 0 Å². The van der Waals surface area contributed by atoms with E-state index in [9.17, 15) is 0 Å². The van der Waals surface area contributed by atoms with Crippen molar-refractivity contribution in [2.45, 2.75) is 40.0 Å². The first-order valence-electron chi connectivity index (χ1n) is 6.56. The van der Waals surface area contributed by atoms with Crippen LogP contribution in [0.1, 0.15) is 38.6 Å². The third-order valence-electron chi connectivity index (χ3n) is 2.98. The van der Waals surface area contributed by atoms with Crippen LogP contribution in [-0.4, -0.2) is 16.6 Å². The molecule has 5 heteroatoms. The Hall–Kier alpha value is -1.78. The molecule has 2 aromatic heterocycles. The van der Waals surface area contributed by atoms with E-state index in [1.807, 2.05) is 0 Å². The average Bonchev–Trinajstić information content (AvgIpc) is 2.71. The summed E-state index contributed by atoms with van der Waals surface area (Å²) in [6.07, 6.45) is 2.77. The van der Waals surface area contributed by atoms with Crippen molar-refractivity contribution in [1.29, 1.82) is 0 Å². The first-order chi connectivity index (χ1) is 8.71. The molecule has 0 unspecified atom stereocenters. The molecule has 0 aliphatic carbocycles. The monoisotopic (exact) mass is 249 g/mol. The molecule has 0 aliphatic heterocycles. The summed E-state index contributed by atoms with van der Waals surface area (Å²) in [5, 5.41) is 0. The number of rotatable bonds is 5. The van der Waals surface area contributed by atoms with Gasteiger partial charge in [0, 0.05) is 6.42 Å². The zero-order valence-electron chi connectivity index (χ0n) is 11.3. The van der Waals surface area contributed by atoms with Crippen LogP contribution in [0.15, 0.2) is 0 Å². The standard InChI is InChI=1S/C13H20N4O/c1-4-7-18-13-11-10(12(14)17-13)15-8(5-2)9(6-3)16-11/h17H,4-7,14H2,1-3H3/p+1. The number of nitrogens with zero attached hydrogens (tertiary/aromatic N) is 1. The van der Waals surface area contributed by atoms with Gasteiger partial charge < -0.3 is 15.5 Å². The molecular weight excluding hydrogens is 228 g/mol. The molecule has 0 fully saturated rings. The molecule has 0 amide bonds. The van der Waals surface area contributed by atoms with E-state index in [4.69, 9.17) is 10.5 Å². The third kappa shape index (κ3) is 2.12. The number of aromatic amines is 2. The van der Waals surface area contributed by atoms with Crippen molar-refractivity contribution >= 4 is 16.9 Å². The second-order valence-corrected chi connectivity index (χ2v) is 4.31. The van der Waals surface area contributed by atoms with Crippen LogP contribution in [0.5, 0.6) is 5.88 Å². The molecule has 0 aliphatic rings. The minimum atomic E-state index is 0.584. The van der Waals surface area contributed by atoms with E-state index in [0.29, 0.717) is 18.3 Å². The van der Waals surface area contributed by atoms with Crippen LogP contribution in [0.2, 0.25) is 0 Å². The molecule has 0 spiro atoms. The van der Waals surface area contributed by atoms with Crippen molar-refractivity contribution < 1.29 is 9.72 Å². The lowest BCUT2D eigenvalue weighted by Gasteiger charge is -2.02. The van der Waals surface area contributed by atoms with Gasteiger partial charge in [0.25, 0.3) is 5.52 Å². The second-order valence-electron chi connectivity index (χ2n) is 4.31. The summed E-state index contributed by atoms with van der Waals surface area (Å²) >= 11 is 0. The van der Waals surface area contributed by atoms with Crippen LogP contribution >= 0.6 is 0 Å². The first-order valence-corrected chi connectivity index (χ1v) is 6.56. The van der Waals surface area contributed by atoms with Gasteiger partial charge in [-0.2, -0.15) is 0 Å². The molecule has 0 aromatic carbocycles. The second kappa shape index (κ2) is 5.25. The minimum Gasteiger partial charge on any atom is -0.477 e. The van der Waals surface area contributed by atoms with Gasteiger partial charge in [-0.3, -0.25) is 0 Å². The highest BCUT2D eigenvalue weighted by atomic mass is 16.5. The van der Waals surface area contributed by atoms with Gasteiger partial charge in [-0.05, 0) is 12.8 Å². The largest absolute Gasteiger partial charge is 0.477 e. The molecule has 0 radical (unpaired) electrons. The maximum Gasteiger partial charge on any atom is 0.275 e. The van der Waals surface area contributed by atoms with Gasteiger partial charge in [0.05, 0.1) is 6.61 Å². The van der Waals surface area contributed by atoms with Gasteiger partial charge in [-0.1, -0.05) is 20.8 Å². The molecule has 0 saturated carbocycles. The summed E-state index contributed by atoms with van der Waals surface area (Å²) in [7, 11) is 0. The molecule has 2 rings (SSSR count). The number of aromatic nitrogens is 3. The third-order valence-corrected chi connectivity index (χ3v) is 2.98. The summed E-state index contributed by atoms with van der Waals surface area (Å²) in [4.78, 5) is 11.1. The number of anilines is 1. The average molecular weight is 249 g/mol. The molecule has 5 nitrogen and oxygen atoms in total. The van der Waals surface area contributed by atoms with Crippen molar-refractivity contribution in [3.05, 3.63) is 11.4 Å². The van der Waals surface area contributed by atoms with Gasteiger partial charge in [-0.25, -0.2) is 9.97 Å². The van der Waals surface area contributed by atoms with E-state index >= 15 is 0 Å². The van der Waals surface area contributed by atoms with Crippen molar-refractivity contribution in [3.63, 3.8) is 0 Å². The molecule has 4 N–H and O–H groups in total. The van der Waals surface area contributed by atoms with E-state index < -0.39 is 0 Å². The summed E-state index contributed by atoms with van der Waals surface area (Å²) < 4.78 is 5.64. The van der Waals surface area contributed by atoms with E-state index in [1.165, 1.54) is 0 Å². The Morgan fingerprint density at radius 1 is 1.28 bits per heavy atom. The number of aryl methyl sites for hydroxylation is 2. The number of nitrogens with one attached hydrogen (secondary N) is 2. The lowest BCUT2D eigenvalue weighted by atomic mass is 10.2. The normalized spacial score (nSPS) is 11.1. The minimum absolute atomic E-state index is 0.584. The number of ether oxygens (including phenoxy) is 1. The molecule has 2 heterocycles. The van der Waals surface area contributed by atoms with E-state index in [0.717, 1.165) is 41.7 Å². The SMILES string of the molecule is CCCOc1[nH]c(N)c2[nH+]c(CC)c(CC)nc12. The van der Waals surface area contributed by atoms with Crippen LogP contribution < -0.4 is 15.5 Å². The summed E-state index contributed by atoms with van der Waals surface area (Å²) in [5.74, 6) is 1.25. The fourth-order valence-electron chi connectivity index (χ4n) is 2.04. The Balaban J connectivity index is 2.55. The Kier molecular flexibility index (Phi) is 3.69. The number of nitrogens with two attached hydrogens (primary N) is 1. The smallest absolute Gasteiger partial charge is 0.275 e. The van der Waals surface area contributed by atoms with Crippen molar-refractivity contribution in [3.8, 4) is 5.88 Å². The number of H-pyrrole nitrogens is 2. The van der Waals surface area contributed by atoms with Gasteiger partial charge in [-0.15, -0.1) is 0 Å². The molecule has 2 aromatic rings. The maximum absolute atomic E-state index is 5.96. The zero-order valence-corrected chi connectivity index (χ0v) is 11.3. The molecular formula is C13H21N4O+. The predicted octanol–water partition coefficient (Wildman–Crippen LogP) is 1.87. The maximum atomic E-state index is 5.96. The van der Waals surface area contributed by atoms with Crippen molar-refractivity contribution in [1.82, 2.24) is 9.97 Å². The van der Waals surface area contributed by atoms with Crippen molar-refractivity contribution in [2.75, 3.05) is 12.3 Å². The Labute approximate surface area is 107 Å². The van der Waals surface area contributed by atoms with Crippen LogP contribution in [0.4, 0.5) is 5.82 Å². The van der Waals surface area contributed by atoms with E-state index in [2.05, 4.69) is 35.7 Å². The highest BCUT2D eigenvalue weighted by Crippen LogP contribution is 2.26. The lowest BCUT2D eigenvalue weighted by molar-refractivity contribution is -0.358. The Bertz CT molecular complexity index is 547. The Morgan fingerprint density at radius 3 is 2.67 bits per heavy atom.